The van der Waals surface area contributed by atoms with Crippen molar-refractivity contribution in [3.63, 3.8) is 0 Å². The molecular weight excluding hydrogens is 382 g/mol. The van der Waals surface area contributed by atoms with Crippen molar-refractivity contribution in [3.05, 3.63) is 65.9 Å². The molecular formula is C23H27N3O2S. The van der Waals surface area contributed by atoms with E-state index in [1.807, 2.05) is 31.2 Å². The molecule has 1 aliphatic heterocycles. The first-order valence-corrected chi connectivity index (χ1v) is 11.7. The Bertz CT molecular complexity index is 1090. The number of pyridine rings is 1. The molecule has 152 valence electrons. The lowest BCUT2D eigenvalue weighted by molar-refractivity contribution is 0.274. The molecule has 29 heavy (non-hydrogen) atoms. The minimum Gasteiger partial charge on any atom is -0.298 e. The minimum atomic E-state index is -3.67. The van der Waals surface area contributed by atoms with Gasteiger partial charge in [-0.2, -0.15) is 0 Å². The molecule has 1 N–H and O–H groups in total. The number of aryl methyl sites for hydroxylation is 1. The maximum Gasteiger partial charge on any atom is 0.261 e. The van der Waals surface area contributed by atoms with E-state index in [1.54, 1.807) is 30.3 Å². The molecule has 1 aliphatic rings. The standard InChI is InChI=1S/C23H27N3O2S/c1-18-9-13-21(14-10-18)29(27,28)25-22-8-6-7-19-11-12-20(24-23(19)22)17-26-15-4-2-3-5-16-26/h6-14,25H,2-5,15-17H2,1H3. The first-order valence-electron chi connectivity index (χ1n) is 10.2. The SMILES string of the molecule is Cc1ccc(S(=O)(=O)Nc2cccc3ccc(CN4CCCCCC4)nc23)cc1. The van der Waals surface area contributed by atoms with Crippen LogP contribution in [-0.2, 0) is 16.6 Å². The highest BCUT2D eigenvalue weighted by molar-refractivity contribution is 7.92. The molecule has 0 unspecified atom stereocenters. The molecule has 4 rings (SSSR count). The fourth-order valence-corrected chi connectivity index (χ4v) is 4.87. The van der Waals surface area contributed by atoms with Gasteiger partial charge >= 0.3 is 0 Å². The summed E-state index contributed by atoms with van der Waals surface area (Å²) in [6, 6.07) is 16.5. The number of nitrogens with zero attached hydrogens (tertiary/aromatic N) is 2. The Morgan fingerprint density at radius 3 is 2.38 bits per heavy atom. The van der Waals surface area contributed by atoms with Gasteiger partial charge in [0.25, 0.3) is 10.0 Å². The first-order chi connectivity index (χ1) is 14.0. The third kappa shape index (κ3) is 4.77. The fraction of sp³-hybridized carbons (Fsp3) is 0.348. The zero-order chi connectivity index (χ0) is 20.3. The molecule has 5 nitrogen and oxygen atoms in total. The van der Waals surface area contributed by atoms with Crippen LogP contribution in [0.15, 0.2) is 59.5 Å². The molecule has 0 bridgehead atoms. The number of sulfonamides is 1. The summed E-state index contributed by atoms with van der Waals surface area (Å²) < 4.78 is 28.4. The lowest BCUT2D eigenvalue weighted by Gasteiger charge is -2.19. The van der Waals surface area contributed by atoms with E-state index in [4.69, 9.17) is 4.98 Å². The van der Waals surface area contributed by atoms with Crippen LogP contribution in [0.2, 0.25) is 0 Å². The minimum absolute atomic E-state index is 0.251. The van der Waals surface area contributed by atoms with Gasteiger partial charge in [-0.15, -0.1) is 0 Å². The van der Waals surface area contributed by atoms with Gasteiger partial charge in [0, 0.05) is 11.9 Å². The van der Waals surface area contributed by atoms with Gasteiger partial charge in [-0.1, -0.05) is 48.7 Å². The van der Waals surface area contributed by atoms with E-state index >= 15 is 0 Å². The third-order valence-electron chi connectivity index (χ3n) is 5.44. The second-order valence-electron chi connectivity index (χ2n) is 7.79. The van der Waals surface area contributed by atoms with Crippen molar-refractivity contribution in [2.45, 2.75) is 44.0 Å². The molecule has 1 saturated heterocycles. The predicted octanol–water partition coefficient (Wildman–Crippen LogP) is 4.72. The number of benzene rings is 2. The Morgan fingerprint density at radius 2 is 1.66 bits per heavy atom. The van der Waals surface area contributed by atoms with E-state index in [2.05, 4.69) is 9.62 Å². The highest BCUT2D eigenvalue weighted by Gasteiger charge is 2.17. The number of hydrogen-bond donors (Lipinski definition) is 1. The average Bonchev–Trinajstić information content (AvgIpc) is 2.97. The molecule has 6 heteroatoms. The van der Waals surface area contributed by atoms with Crippen LogP contribution >= 0.6 is 0 Å². The van der Waals surface area contributed by atoms with Crippen molar-refractivity contribution in [2.75, 3.05) is 17.8 Å². The molecule has 0 radical (unpaired) electrons. The van der Waals surface area contributed by atoms with Crippen molar-refractivity contribution in [1.29, 1.82) is 0 Å². The number of aromatic nitrogens is 1. The van der Waals surface area contributed by atoms with Crippen molar-refractivity contribution in [1.82, 2.24) is 9.88 Å². The Labute approximate surface area is 172 Å². The van der Waals surface area contributed by atoms with Crippen LogP contribution in [0, 0.1) is 6.92 Å². The van der Waals surface area contributed by atoms with E-state index in [1.165, 1.54) is 25.7 Å². The van der Waals surface area contributed by atoms with E-state index in [0.717, 1.165) is 36.3 Å². The molecule has 0 amide bonds. The highest BCUT2D eigenvalue weighted by atomic mass is 32.2. The van der Waals surface area contributed by atoms with Gasteiger partial charge < -0.3 is 0 Å². The maximum absolute atomic E-state index is 12.8. The molecule has 2 heterocycles. The lowest BCUT2D eigenvalue weighted by atomic mass is 10.1. The van der Waals surface area contributed by atoms with E-state index < -0.39 is 10.0 Å². The number of likely N-dealkylation sites (tertiary alicyclic amines) is 1. The number of para-hydroxylation sites is 1. The molecule has 0 saturated carbocycles. The zero-order valence-electron chi connectivity index (χ0n) is 16.8. The maximum atomic E-state index is 12.8. The number of rotatable bonds is 5. The Hall–Kier alpha value is -2.44. The Balaban J connectivity index is 1.62. The van der Waals surface area contributed by atoms with Crippen LogP contribution in [0.25, 0.3) is 10.9 Å². The summed E-state index contributed by atoms with van der Waals surface area (Å²) in [6.07, 6.45) is 5.06. The molecule has 2 aromatic carbocycles. The molecule has 3 aromatic rings. The number of hydrogen-bond acceptors (Lipinski definition) is 4. The van der Waals surface area contributed by atoms with Gasteiger partial charge in [0.1, 0.15) is 0 Å². The van der Waals surface area contributed by atoms with Crippen LogP contribution in [0.3, 0.4) is 0 Å². The molecule has 1 fully saturated rings. The second kappa shape index (κ2) is 8.51. The molecule has 0 spiro atoms. The van der Waals surface area contributed by atoms with Crippen LogP contribution in [0.5, 0.6) is 0 Å². The summed E-state index contributed by atoms with van der Waals surface area (Å²) in [7, 11) is -3.67. The van der Waals surface area contributed by atoms with Crippen LogP contribution < -0.4 is 4.72 Å². The van der Waals surface area contributed by atoms with E-state index in [9.17, 15) is 8.42 Å². The Kier molecular flexibility index (Phi) is 5.83. The molecule has 0 atom stereocenters. The number of nitrogens with one attached hydrogen (secondary N) is 1. The van der Waals surface area contributed by atoms with E-state index in [-0.39, 0.29) is 4.90 Å². The topological polar surface area (TPSA) is 62.3 Å². The summed E-state index contributed by atoms with van der Waals surface area (Å²) in [5, 5.41) is 0.925. The largest absolute Gasteiger partial charge is 0.298 e. The fourth-order valence-electron chi connectivity index (χ4n) is 3.80. The zero-order valence-corrected chi connectivity index (χ0v) is 17.6. The number of anilines is 1. The first kappa shape index (κ1) is 19.9. The summed E-state index contributed by atoms with van der Waals surface area (Å²) in [6.45, 7) is 4.93. The summed E-state index contributed by atoms with van der Waals surface area (Å²) in [5.41, 5.74) is 3.20. The van der Waals surface area contributed by atoms with Crippen molar-refractivity contribution >= 4 is 26.6 Å². The van der Waals surface area contributed by atoms with Crippen molar-refractivity contribution in [3.8, 4) is 0 Å². The number of fused-ring (bicyclic) bond motifs is 1. The van der Waals surface area contributed by atoms with E-state index in [0.29, 0.717) is 11.2 Å². The normalized spacial score (nSPS) is 15.9. The van der Waals surface area contributed by atoms with Gasteiger partial charge in [0.15, 0.2) is 0 Å². The monoisotopic (exact) mass is 409 g/mol. The lowest BCUT2D eigenvalue weighted by Crippen LogP contribution is -2.24. The summed E-state index contributed by atoms with van der Waals surface area (Å²) >= 11 is 0. The average molecular weight is 410 g/mol. The quantitative estimate of drug-likeness (QED) is 0.662. The van der Waals surface area contributed by atoms with Gasteiger partial charge in [0.2, 0.25) is 0 Å². The van der Waals surface area contributed by atoms with Gasteiger partial charge in [-0.25, -0.2) is 13.4 Å². The van der Waals surface area contributed by atoms with Gasteiger partial charge in [0.05, 0.1) is 21.8 Å². The molecule has 1 aromatic heterocycles. The van der Waals surface area contributed by atoms with Crippen LogP contribution in [0.1, 0.15) is 36.9 Å². The highest BCUT2D eigenvalue weighted by Crippen LogP contribution is 2.25. The summed E-state index contributed by atoms with van der Waals surface area (Å²) in [5.74, 6) is 0. The predicted molar refractivity (Wildman–Crippen MR) is 117 cm³/mol. The molecule has 0 aliphatic carbocycles. The van der Waals surface area contributed by atoms with Gasteiger partial charge in [-0.3, -0.25) is 9.62 Å². The van der Waals surface area contributed by atoms with Crippen LogP contribution in [-0.4, -0.2) is 31.4 Å². The van der Waals surface area contributed by atoms with Crippen LogP contribution in [0.4, 0.5) is 5.69 Å². The van der Waals surface area contributed by atoms with Gasteiger partial charge in [-0.05, 0) is 57.1 Å². The smallest absolute Gasteiger partial charge is 0.261 e. The Morgan fingerprint density at radius 1 is 0.931 bits per heavy atom. The third-order valence-corrected chi connectivity index (χ3v) is 6.82. The van der Waals surface area contributed by atoms with Crippen molar-refractivity contribution in [2.24, 2.45) is 0 Å². The van der Waals surface area contributed by atoms with Crippen molar-refractivity contribution < 1.29 is 8.42 Å². The summed E-state index contributed by atoms with van der Waals surface area (Å²) in [4.78, 5) is 7.52. The second-order valence-corrected chi connectivity index (χ2v) is 9.47.